The second-order valence-electron chi connectivity index (χ2n) is 3.85. The van der Waals surface area contributed by atoms with E-state index in [1.165, 1.54) is 5.56 Å². The molecule has 0 spiro atoms. The molecular formula is C13H12N2OS. The maximum absolute atomic E-state index is 5.50. The first-order valence-corrected chi connectivity index (χ1v) is 6.72. The molecule has 1 aliphatic rings. The number of fused-ring (bicyclic) bond motifs is 1. The highest BCUT2D eigenvalue weighted by Gasteiger charge is 2.13. The van der Waals surface area contributed by atoms with Gasteiger partial charge >= 0.3 is 0 Å². The lowest BCUT2D eigenvalue weighted by molar-refractivity contribution is 0.357. The van der Waals surface area contributed by atoms with E-state index in [2.05, 4.69) is 22.1 Å². The molecule has 0 N–H and O–H groups in total. The van der Waals surface area contributed by atoms with Crippen LogP contribution in [0.5, 0.6) is 5.75 Å². The van der Waals surface area contributed by atoms with Crippen molar-refractivity contribution in [3.63, 3.8) is 0 Å². The number of aromatic nitrogens is 2. The Labute approximate surface area is 104 Å². The number of rotatable bonds is 2. The standard InChI is InChI=1S/C13H12N2OS/c1-17-13-14-6-4-11(15-13)9-2-3-12-10(8-9)5-7-16-12/h2-4,6,8H,5,7H2,1H3. The molecule has 0 saturated carbocycles. The zero-order valence-corrected chi connectivity index (χ0v) is 10.3. The van der Waals surface area contributed by atoms with E-state index < -0.39 is 0 Å². The highest BCUT2D eigenvalue weighted by molar-refractivity contribution is 7.98. The Morgan fingerprint density at radius 3 is 3.12 bits per heavy atom. The van der Waals surface area contributed by atoms with Gasteiger partial charge in [-0.3, -0.25) is 0 Å². The van der Waals surface area contributed by atoms with Crippen molar-refractivity contribution in [1.82, 2.24) is 9.97 Å². The summed E-state index contributed by atoms with van der Waals surface area (Å²) >= 11 is 1.56. The Bertz CT molecular complexity index is 557. The summed E-state index contributed by atoms with van der Waals surface area (Å²) in [6, 6.07) is 8.18. The summed E-state index contributed by atoms with van der Waals surface area (Å²) in [4.78, 5) is 8.68. The van der Waals surface area contributed by atoms with Crippen molar-refractivity contribution in [3.8, 4) is 17.0 Å². The zero-order valence-electron chi connectivity index (χ0n) is 9.51. The number of hydrogen-bond acceptors (Lipinski definition) is 4. The molecule has 1 aromatic carbocycles. The minimum absolute atomic E-state index is 0.790. The van der Waals surface area contributed by atoms with E-state index in [0.29, 0.717) is 0 Å². The van der Waals surface area contributed by atoms with Gasteiger partial charge in [-0.2, -0.15) is 0 Å². The van der Waals surface area contributed by atoms with Crippen molar-refractivity contribution >= 4 is 11.8 Å². The molecule has 1 aromatic heterocycles. The minimum atomic E-state index is 0.790. The van der Waals surface area contributed by atoms with Crippen LogP contribution in [-0.2, 0) is 6.42 Å². The van der Waals surface area contributed by atoms with Crippen LogP contribution in [0.15, 0.2) is 35.6 Å². The number of benzene rings is 1. The fraction of sp³-hybridized carbons (Fsp3) is 0.231. The minimum Gasteiger partial charge on any atom is -0.493 e. The molecule has 17 heavy (non-hydrogen) atoms. The maximum atomic E-state index is 5.50. The van der Waals surface area contributed by atoms with Gasteiger partial charge in [-0.15, -0.1) is 0 Å². The monoisotopic (exact) mass is 244 g/mol. The summed E-state index contributed by atoms with van der Waals surface area (Å²) in [7, 11) is 0. The smallest absolute Gasteiger partial charge is 0.187 e. The number of hydrogen-bond donors (Lipinski definition) is 0. The molecule has 0 bridgehead atoms. The largest absolute Gasteiger partial charge is 0.493 e. The number of thioether (sulfide) groups is 1. The number of nitrogens with zero attached hydrogens (tertiary/aromatic N) is 2. The Balaban J connectivity index is 2.03. The molecule has 0 aliphatic carbocycles. The van der Waals surface area contributed by atoms with E-state index in [9.17, 15) is 0 Å². The Morgan fingerprint density at radius 1 is 1.29 bits per heavy atom. The lowest BCUT2D eigenvalue weighted by Crippen LogP contribution is -1.89. The van der Waals surface area contributed by atoms with Gasteiger partial charge in [0.2, 0.25) is 0 Å². The third kappa shape index (κ3) is 2.00. The summed E-state index contributed by atoms with van der Waals surface area (Å²) < 4.78 is 5.50. The van der Waals surface area contributed by atoms with Gasteiger partial charge in [-0.05, 0) is 36.1 Å². The predicted octanol–water partition coefficient (Wildman–Crippen LogP) is 2.80. The van der Waals surface area contributed by atoms with Crippen LogP contribution in [0, 0.1) is 0 Å². The van der Waals surface area contributed by atoms with E-state index in [-0.39, 0.29) is 0 Å². The van der Waals surface area contributed by atoms with E-state index >= 15 is 0 Å². The van der Waals surface area contributed by atoms with Gasteiger partial charge in [0.1, 0.15) is 5.75 Å². The summed E-state index contributed by atoms with van der Waals surface area (Å²) in [5.74, 6) is 1.01. The van der Waals surface area contributed by atoms with Gasteiger partial charge in [-0.25, -0.2) is 9.97 Å². The second kappa shape index (κ2) is 4.37. The van der Waals surface area contributed by atoms with E-state index in [1.54, 1.807) is 18.0 Å². The van der Waals surface area contributed by atoms with E-state index in [4.69, 9.17) is 4.74 Å². The van der Waals surface area contributed by atoms with Crippen LogP contribution in [0.4, 0.5) is 0 Å². The fourth-order valence-corrected chi connectivity index (χ4v) is 2.30. The maximum Gasteiger partial charge on any atom is 0.187 e. The average Bonchev–Trinajstić information content (AvgIpc) is 2.86. The van der Waals surface area contributed by atoms with Crippen molar-refractivity contribution in [2.75, 3.05) is 12.9 Å². The fourth-order valence-electron chi connectivity index (χ4n) is 1.95. The Hall–Kier alpha value is -1.55. The summed E-state index contributed by atoms with van der Waals surface area (Å²) in [5.41, 5.74) is 3.37. The summed E-state index contributed by atoms with van der Waals surface area (Å²) in [6.45, 7) is 0.790. The first-order chi connectivity index (χ1) is 8.36. The van der Waals surface area contributed by atoms with Crippen LogP contribution in [-0.4, -0.2) is 22.8 Å². The third-order valence-electron chi connectivity index (χ3n) is 2.80. The molecule has 0 unspecified atom stereocenters. The lowest BCUT2D eigenvalue weighted by atomic mass is 10.1. The first kappa shape index (κ1) is 10.6. The molecule has 0 radical (unpaired) electrons. The van der Waals surface area contributed by atoms with Crippen LogP contribution in [0.25, 0.3) is 11.3 Å². The quantitative estimate of drug-likeness (QED) is 0.601. The van der Waals surface area contributed by atoms with Crippen LogP contribution >= 0.6 is 11.8 Å². The van der Waals surface area contributed by atoms with Crippen molar-refractivity contribution in [2.45, 2.75) is 11.6 Å². The van der Waals surface area contributed by atoms with Gasteiger partial charge in [0, 0.05) is 18.2 Å². The van der Waals surface area contributed by atoms with Crippen LogP contribution in [0.3, 0.4) is 0 Å². The van der Waals surface area contributed by atoms with Gasteiger partial charge in [0.05, 0.1) is 12.3 Å². The zero-order chi connectivity index (χ0) is 11.7. The van der Waals surface area contributed by atoms with Crippen LogP contribution < -0.4 is 4.74 Å². The van der Waals surface area contributed by atoms with Crippen molar-refractivity contribution < 1.29 is 4.74 Å². The van der Waals surface area contributed by atoms with Crippen molar-refractivity contribution in [2.24, 2.45) is 0 Å². The van der Waals surface area contributed by atoms with Crippen LogP contribution in [0.1, 0.15) is 5.56 Å². The molecule has 0 fully saturated rings. The molecule has 0 amide bonds. The highest BCUT2D eigenvalue weighted by atomic mass is 32.2. The predicted molar refractivity (Wildman–Crippen MR) is 68.4 cm³/mol. The molecule has 2 heterocycles. The molecule has 2 aromatic rings. The topological polar surface area (TPSA) is 35.0 Å². The van der Waals surface area contributed by atoms with Gasteiger partial charge < -0.3 is 4.74 Å². The normalized spacial score (nSPS) is 13.2. The molecular weight excluding hydrogens is 232 g/mol. The van der Waals surface area contributed by atoms with Gasteiger partial charge in [0.25, 0.3) is 0 Å². The summed E-state index contributed by atoms with van der Waals surface area (Å²) in [6.07, 6.45) is 4.77. The van der Waals surface area contributed by atoms with Crippen molar-refractivity contribution in [3.05, 3.63) is 36.0 Å². The molecule has 3 rings (SSSR count). The molecule has 3 nitrogen and oxygen atoms in total. The lowest BCUT2D eigenvalue weighted by Gasteiger charge is -2.04. The van der Waals surface area contributed by atoms with E-state index in [1.807, 2.05) is 18.4 Å². The second-order valence-corrected chi connectivity index (χ2v) is 4.62. The van der Waals surface area contributed by atoms with E-state index in [0.717, 1.165) is 35.2 Å². The average molecular weight is 244 g/mol. The van der Waals surface area contributed by atoms with Gasteiger partial charge in [0.15, 0.2) is 5.16 Å². The van der Waals surface area contributed by atoms with Crippen LogP contribution in [0.2, 0.25) is 0 Å². The molecule has 0 atom stereocenters. The third-order valence-corrected chi connectivity index (χ3v) is 3.36. The van der Waals surface area contributed by atoms with Crippen molar-refractivity contribution in [1.29, 1.82) is 0 Å². The molecule has 1 aliphatic heterocycles. The SMILES string of the molecule is CSc1nccc(-c2ccc3c(c2)CCO3)n1. The Morgan fingerprint density at radius 2 is 2.24 bits per heavy atom. The summed E-state index contributed by atoms with van der Waals surface area (Å²) in [5, 5.41) is 0.805. The highest BCUT2D eigenvalue weighted by Crippen LogP contribution is 2.29. The molecule has 4 heteroatoms. The number of ether oxygens (including phenoxy) is 1. The first-order valence-electron chi connectivity index (χ1n) is 5.50. The molecule has 0 saturated heterocycles. The van der Waals surface area contributed by atoms with Gasteiger partial charge in [-0.1, -0.05) is 11.8 Å². The Kier molecular flexibility index (Phi) is 2.73. The molecule has 86 valence electrons.